The number of aromatic amines is 1. The van der Waals surface area contributed by atoms with Crippen LogP contribution in [0.15, 0.2) is 16.1 Å². The van der Waals surface area contributed by atoms with Gasteiger partial charge in [0.25, 0.3) is 0 Å². The van der Waals surface area contributed by atoms with Gasteiger partial charge in [-0.15, -0.1) is 16.4 Å². The van der Waals surface area contributed by atoms with Crippen molar-refractivity contribution in [3.63, 3.8) is 0 Å². The van der Waals surface area contributed by atoms with Gasteiger partial charge < -0.3 is 0 Å². The summed E-state index contributed by atoms with van der Waals surface area (Å²) in [6.07, 6.45) is 2.65. The van der Waals surface area contributed by atoms with E-state index < -0.39 is 0 Å². The van der Waals surface area contributed by atoms with Crippen LogP contribution in [0.2, 0.25) is 4.47 Å². The molecule has 0 spiro atoms. The van der Waals surface area contributed by atoms with E-state index in [0.29, 0.717) is 16.2 Å². The van der Waals surface area contributed by atoms with E-state index in [-0.39, 0.29) is 5.69 Å². The van der Waals surface area contributed by atoms with Crippen molar-refractivity contribution in [2.24, 2.45) is 0 Å². The van der Waals surface area contributed by atoms with Crippen LogP contribution >= 0.6 is 34.7 Å². The third-order valence-corrected chi connectivity index (χ3v) is 4.36. The van der Waals surface area contributed by atoms with Gasteiger partial charge in [0, 0.05) is 23.4 Å². The number of thiazole rings is 1. The second kappa shape index (κ2) is 5.70. The molecule has 1 N–H and O–H groups in total. The highest BCUT2D eigenvalue weighted by molar-refractivity contribution is 7.98. The lowest BCUT2D eigenvalue weighted by molar-refractivity contribution is 0.604. The van der Waals surface area contributed by atoms with Crippen LogP contribution in [0.4, 0.5) is 0 Å². The molecule has 0 aromatic carbocycles. The van der Waals surface area contributed by atoms with Gasteiger partial charge in [0.2, 0.25) is 0 Å². The summed E-state index contributed by atoms with van der Waals surface area (Å²) in [4.78, 5) is 16.5. The molecule has 0 radical (unpaired) electrons. The Kier molecular flexibility index (Phi) is 4.25. The fourth-order valence-corrected chi connectivity index (χ4v) is 3.29. The summed E-state index contributed by atoms with van der Waals surface area (Å²) in [5.41, 5.74) is -0.156. The van der Waals surface area contributed by atoms with Gasteiger partial charge in [-0.3, -0.25) is 4.57 Å². The fourth-order valence-electron chi connectivity index (χ4n) is 1.32. The highest BCUT2D eigenvalue weighted by Crippen LogP contribution is 2.25. The maximum atomic E-state index is 11.4. The molecule has 17 heavy (non-hydrogen) atoms. The Bertz CT molecular complexity index is 547. The third kappa shape index (κ3) is 3.11. The first-order valence-electron chi connectivity index (χ1n) is 5.09. The lowest BCUT2D eigenvalue weighted by atomic mass is 10.5. The number of nitrogens with one attached hydrogen (secondary N) is 1. The Labute approximate surface area is 111 Å². The summed E-state index contributed by atoms with van der Waals surface area (Å²) >= 11 is 8.70. The highest BCUT2D eigenvalue weighted by Gasteiger charge is 2.09. The number of thioether (sulfide) groups is 1. The third-order valence-electron chi connectivity index (χ3n) is 2.04. The van der Waals surface area contributed by atoms with Crippen molar-refractivity contribution in [3.8, 4) is 0 Å². The van der Waals surface area contributed by atoms with Crippen molar-refractivity contribution in [3.05, 3.63) is 26.0 Å². The minimum absolute atomic E-state index is 0.156. The van der Waals surface area contributed by atoms with Gasteiger partial charge in [-0.05, 0) is 6.42 Å². The first-order valence-corrected chi connectivity index (χ1v) is 7.27. The molecule has 0 aliphatic rings. The monoisotopic (exact) mass is 290 g/mol. The van der Waals surface area contributed by atoms with Crippen LogP contribution in [0, 0.1) is 0 Å². The van der Waals surface area contributed by atoms with Crippen LogP contribution in [0.1, 0.15) is 18.2 Å². The van der Waals surface area contributed by atoms with E-state index in [1.807, 2.05) is 6.92 Å². The quantitative estimate of drug-likeness (QED) is 0.859. The second-order valence-corrected chi connectivity index (χ2v) is 5.97. The number of halogens is 1. The fraction of sp³-hybridized carbons (Fsp3) is 0.444. The molecule has 0 saturated heterocycles. The van der Waals surface area contributed by atoms with Crippen LogP contribution in [-0.2, 0) is 12.3 Å². The largest absolute Gasteiger partial charge is 0.343 e. The molecule has 0 aliphatic heterocycles. The van der Waals surface area contributed by atoms with Gasteiger partial charge in [0.05, 0.1) is 0 Å². The Morgan fingerprint density at radius 1 is 1.65 bits per heavy atom. The number of H-pyrrole nitrogens is 1. The Morgan fingerprint density at radius 2 is 2.47 bits per heavy atom. The maximum absolute atomic E-state index is 11.4. The van der Waals surface area contributed by atoms with Crippen LogP contribution in [0.25, 0.3) is 0 Å². The van der Waals surface area contributed by atoms with Gasteiger partial charge in [-0.25, -0.2) is 14.9 Å². The van der Waals surface area contributed by atoms with E-state index in [2.05, 4.69) is 15.2 Å². The van der Waals surface area contributed by atoms with Crippen molar-refractivity contribution >= 4 is 34.7 Å². The molecular weight excluding hydrogens is 280 g/mol. The molecule has 0 saturated carbocycles. The van der Waals surface area contributed by atoms with Crippen LogP contribution < -0.4 is 5.69 Å². The van der Waals surface area contributed by atoms with Crippen LogP contribution in [0.5, 0.6) is 0 Å². The summed E-state index contributed by atoms with van der Waals surface area (Å²) in [6, 6.07) is 0. The van der Waals surface area contributed by atoms with E-state index >= 15 is 0 Å². The highest BCUT2D eigenvalue weighted by atomic mass is 35.5. The normalized spacial score (nSPS) is 10.9. The van der Waals surface area contributed by atoms with E-state index in [0.717, 1.165) is 17.1 Å². The Balaban J connectivity index is 2.06. The predicted molar refractivity (Wildman–Crippen MR) is 69.8 cm³/mol. The number of hydrogen-bond acceptors (Lipinski definition) is 5. The molecule has 2 heterocycles. The smallest absolute Gasteiger partial charge is 0.270 e. The van der Waals surface area contributed by atoms with Gasteiger partial charge in [-0.1, -0.05) is 30.3 Å². The average Bonchev–Trinajstić information content (AvgIpc) is 2.86. The molecule has 2 rings (SSSR count). The standard InChI is InChI=1S/C9H11ClN4OS2/c1-2-3-14-8(15)12-13-9(14)16-5-6-4-11-7(10)17-6/h4H,2-3,5H2,1H3,(H,12,15). The van der Waals surface area contributed by atoms with Crippen LogP contribution in [-0.4, -0.2) is 19.7 Å². The van der Waals surface area contributed by atoms with E-state index in [1.54, 1.807) is 10.8 Å². The molecule has 0 fully saturated rings. The lowest BCUT2D eigenvalue weighted by Crippen LogP contribution is -2.17. The number of aromatic nitrogens is 4. The summed E-state index contributed by atoms with van der Waals surface area (Å²) < 4.78 is 2.18. The van der Waals surface area contributed by atoms with Gasteiger partial charge in [-0.2, -0.15) is 0 Å². The zero-order chi connectivity index (χ0) is 12.3. The zero-order valence-corrected chi connectivity index (χ0v) is 11.5. The molecule has 0 unspecified atom stereocenters. The molecule has 0 amide bonds. The van der Waals surface area contributed by atoms with Crippen LogP contribution in [0.3, 0.4) is 0 Å². The number of rotatable bonds is 5. The molecule has 8 heteroatoms. The van der Waals surface area contributed by atoms with Crippen molar-refractivity contribution < 1.29 is 0 Å². The molecule has 2 aromatic heterocycles. The molecule has 2 aromatic rings. The molecule has 0 aliphatic carbocycles. The first-order chi connectivity index (χ1) is 8.20. The van der Waals surface area contributed by atoms with Crippen molar-refractivity contribution in [2.45, 2.75) is 30.8 Å². The Morgan fingerprint density at radius 3 is 3.12 bits per heavy atom. The van der Waals surface area contributed by atoms with Gasteiger partial charge in [0.15, 0.2) is 9.62 Å². The molecule has 0 bridgehead atoms. The zero-order valence-electron chi connectivity index (χ0n) is 9.14. The molecule has 0 atom stereocenters. The van der Waals surface area contributed by atoms with E-state index in [4.69, 9.17) is 11.6 Å². The summed E-state index contributed by atoms with van der Waals surface area (Å²) in [7, 11) is 0. The molecule has 92 valence electrons. The topological polar surface area (TPSA) is 63.6 Å². The summed E-state index contributed by atoms with van der Waals surface area (Å²) in [5, 5.41) is 7.17. The van der Waals surface area contributed by atoms with E-state index in [9.17, 15) is 4.79 Å². The molecule has 5 nitrogen and oxygen atoms in total. The maximum Gasteiger partial charge on any atom is 0.343 e. The second-order valence-electron chi connectivity index (χ2n) is 3.33. The first kappa shape index (κ1) is 12.7. The minimum atomic E-state index is -0.156. The van der Waals surface area contributed by atoms with Crippen molar-refractivity contribution in [1.82, 2.24) is 19.7 Å². The van der Waals surface area contributed by atoms with Crippen molar-refractivity contribution in [2.75, 3.05) is 0 Å². The number of hydrogen-bond donors (Lipinski definition) is 1. The predicted octanol–water partition coefficient (Wildman–Crippen LogP) is 2.38. The SMILES string of the molecule is CCCn1c(SCc2cnc(Cl)s2)n[nH]c1=O. The van der Waals surface area contributed by atoms with Gasteiger partial charge in [0.1, 0.15) is 0 Å². The summed E-state index contributed by atoms with van der Waals surface area (Å²) in [6.45, 7) is 2.71. The van der Waals surface area contributed by atoms with Crippen molar-refractivity contribution in [1.29, 1.82) is 0 Å². The Hall–Kier alpha value is -0.790. The number of nitrogens with zero attached hydrogens (tertiary/aromatic N) is 3. The van der Waals surface area contributed by atoms with Gasteiger partial charge >= 0.3 is 5.69 Å². The molecular formula is C9H11ClN4OS2. The van der Waals surface area contributed by atoms with E-state index in [1.165, 1.54) is 23.1 Å². The minimum Gasteiger partial charge on any atom is -0.270 e. The average molecular weight is 291 g/mol. The summed E-state index contributed by atoms with van der Waals surface area (Å²) in [5.74, 6) is 0.721. The lowest BCUT2D eigenvalue weighted by Gasteiger charge is -2.01.